The Morgan fingerprint density at radius 2 is 1.77 bits per heavy atom. The van der Waals surface area contributed by atoms with Gasteiger partial charge in [-0.05, 0) is 49.7 Å². The maximum Gasteiger partial charge on any atom is 0.103 e. The molecule has 142 valence electrons. The molecule has 0 bridgehead atoms. The smallest absolute Gasteiger partial charge is 0.103 e. The van der Waals surface area contributed by atoms with Crippen LogP contribution in [0.2, 0.25) is 0 Å². The third kappa shape index (κ3) is 4.36. The molecule has 4 heteroatoms. The van der Waals surface area contributed by atoms with E-state index in [-0.39, 0.29) is 0 Å². The van der Waals surface area contributed by atoms with Crippen molar-refractivity contribution in [2.45, 2.75) is 62.8 Å². The van der Waals surface area contributed by atoms with Crippen LogP contribution in [-0.4, -0.2) is 54.1 Å². The molecule has 0 radical (unpaired) electrons. The molecule has 1 aromatic carbocycles. The number of aliphatic hydroxyl groups is 1. The van der Waals surface area contributed by atoms with E-state index >= 15 is 0 Å². The molecule has 26 heavy (non-hydrogen) atoms. The number of hydrogen-bond donors (Lipinski definition) is 1. The van der Waals surface area contributed by atoms with Crippen LogP contribution in [0.4, 0.5) is 4.39 Å². The number of ether oxygens (including phenoxy) is 1. The van der Waals surface area contributed by atoms with Crippen LogP contribution in [0.5, 0.6) is 0 Å². The first-order chi connectivity index (χ1) is 12.6. The average Bonchev–Trinajstić information content (AvgIpc) is 2.62. The number of likely N-dealkylation sites (tertiary alicyclic amines) is 1. The summed E-state index contributed by atoms with van der Waals surface area (Å²) in [6, 6.07) is 9.10. The second kappa shape index (κ2) is 7.79. The molecule has 1 saturated carbocycles. The summed E-state index contributed by atoms with van der Waals surface area (Å²) in [6.45, 7) is 3.45. The highest BCUT2D eigenvalue weighted by molar-refractivity contribution is 5.53. The number of alkyl halides is 1. The standard InChI is InChI=1S/C22H30FNO2/c23-20-14-21(15-20)24-9-5-18(6-10-24)13-17-1-3-19(4-2-17)16-22(25)7-11-26-12-8-22/h1-4,13,20-21,25H,5-12,14-16H2. The summed E-state index contributed by atoms with van der Waals surface area (Å²) in [5, 5.41) is 10.6. The monoisotopic (exact) mass is 359 g/mol. The molecule has 1 aliphatic carbocycles. The first kappa shape index (κ1) is 18.1. The Hall–Kier alpha value is -1.23. The Morgan fingerprint density at radius 3 is 2.38 bits per heavy atom. The van der Waals surface area contributed by atoms with Crippen LogP contribution in [-0.2, 0) is 11.2 Å². The van der Waals surface area contributed by atoms with Gasteiger partial charge in [-0.25, -0.2) is 4.39 Å². The highest BCUT2D eigenvalue weighted by Gasteiger charge is 2.34. The van der Waals surface area contributed by atoms with Crippen LogP contribution < -0.4 is 0 Å². The van der Waals surface area contributed by atoms with Crippen LogP contribution in [0.1, 0.15) is 49.7 Å². The maximum atomic E-state index is 13.0. The summed E-state index contributed by atoms with van der Waals surface area (Å²) >= 11 is 0. The zero-order chi connectivity index (χ0) is 18.0. The summed E-state index contributed by atoms with van der Waals surface area (Å²) in [4.78, 5) is 2.46. The third-order valence-corrected chi connectivity index (χ3v) is 6.32. The molecule has 3 aliphatic rings. The van der Waals surface area contributed by atoms with E-state index in [9.17, 15) is 9.50 Å². The third-order valence-electron chi connectivity index (χ3n) is 6.32. The molecule has 0 amide bonds. The van der Waals surface area contributed by atoms with Gasteiger partial charge in [-0.15, -0.1) is 0 Å². The van der Waals surface area contributed by atoms with Gasteiger partial charge in [0.25, 0.3) is 0 Å². The van der Waals surface area contributed by atoms with E-state index < -0.39 is 11.8 Å². The molecule has 4 rings (SSSR count). The molecule has 3 nitrogen and oxygen atoms in total. The highest BCUT2D eigenvalue weighted by atomic mass is 19.1. The van der Waals surface area contributed by atoms with E-state index in [1.54, 1.807) is 0 Å². The molecule has 1 N–H and O–H groups in total. The summed E-state index contributed by atoms with van der Waals surface area (Å²) in [6.07, 6.45) is 7.55. The van der Waals surface area contributed by atoms with Gasteiger partial charge in [-0.1, -0.05) is 35.9 Å². The number of piperidine rings is 1. The minimum Gasteiger partial charge on any atom is -0.389 e. The van der Waals surface area contributed by atoms with Gasteiger partial charge in [-0.3, -0.25) is 4.90 Å². The number of rotatable bonds is 4. The largest absolute Gasteiger partial charge is 0.389 e. The highest BCUT2D eigenvalue weighted by Crippen LogP contribution is 2.32. The van der Waals surface area contributed by atoms with E-state index in [1.807, 2.05) is 0 Å². The van der Waals surface area contributed by atoms with Crippen LogP contribution in [0.3, 0.4) is 0 Å². The first-order valence-electron chi connectivity index (χ1n) is 10.1. The lowest BCUT2D eigenvalue weighted by Crippen LogP contribution is -2.48. The molecule has 0 atom stereocenters. The lowest BCUT2D eigenvalue weighted by atomic mass is 9.86. The molecular formula is C22H30FNO2. The first-order valence-corrected chi connectivity index (χ1v) is 10.1. The number of halogens is 1. The van der Waals surface area contributed by atoms with Gasteiger partial charge in [0.05, 0.1) is 5.60 Å². The summed E-state index contributed by atoms with van der Waals surface area (Å²) < 4.78 is 18.4. The Kier molecular flexibility index (Phi) is 5.44. The molecule has 0 spiro atoms. The molecule has 0 unspecified atom stereocenters. The van der Waals surface area contributed by atoms with Crippen molar-refractivity contribution in [3.8, 4) is 0 Å². The second-order valence-corrected chi connectivity index (χ2v) is 8.32. The van der Waals surface area contributed by atoms with Crippen molar-refractivity contribution in [1.82, 2.24) is 4.90 Å². The van der Waals surface area contributed by atoms with Crippen molar-refractivity contribution in [2.75, 3.05) is 26.3 Å². The van der Waals surface area contributed by atoms with Crippen LogP contribution in [0.15, 0.2) is 29.8 Å². The summed E-state index contributed by atoms with van der Waals surface area (Å²) in [5.41, 5.74) is 3.32. The van der Waals surface area contributed by atoms with E-state index in [0.717, 1.165) is 51.6 Å². The molecule has 2 saturated heterocycles. The Morgan fingerprint density at radius 1 is 1.12 bits per heavy atom. The van der Waals surface area contributed by atoms with Crippen LogP contribution in [0.25, 0.3) is 6.08 Å². The average molecular weight is 359 g/mol. The Balaban J connectivity index is 1.30. The lowest BCUT2D eigenvalue weighted by molar-refractivity contribution is -0.0625. The fraction of sp³-hybridized carbons (Fsp3) is 0.636. The van der Waals surface area contributed by atoms with Crippen molar-refractivity contribution in [3.05, 3.63) is 41.0 Å². The van der Waals surface area contributed by atoms with E-state index in [1.165, 1.54) is 16.7 Å². The Labute approximate surface area is 155 Å². The van der Waals surface area contributed by atoms with Gasteiger partial charge in [0, 0.05) is 38.8 Å². The van der Waals surface area contributed by atoms with Crippen LogP contribution in [0, 0.1) is 0 Å². The summed E-state index contributed by atoms with van der Waals surface area (Å²) in [5.74, 6) is 0. The van der Waals surface area contributed by atoms with Crippen LogP contribution >= 0.6 is 0 Å². The van der Waals surface area contributed by atoms with Gasteiger partial charge < -0.3 is 9.84 Å². The molecule has 1 aromatic rings. The van der Waals surface area contributed by atoms with Gasteiger partial charge >= 0.3 is 0 Å². The molecule has 3 fully saturated rings. The van der Waals surface area contributed by atoms with E-state index in [2.05, 4.69) is 35.2 Å². The summed E-state index contributed by atoms with van der Waals surface area (Å²) in [7, 11) is 0. The molecule has 2 heterocycles. The normalized spacial score (nSPS) is 29.2. The van der Waals surface area contributed by atoms with Gasteiger partial charge in [0.2, 0.25) is 0 Å². The van der Waals surface area contributed by atoms with Crippen molar-refractivity contribution < 1.29 is 14.2 Å². The second-order valence-electron chi connectivity index (χ2n) is 8.32. The molecule has 0 aromatic heterocycles. The van der Waals surface area contributed by atoms with Gasteiger partial charge in [-0.2, -0.15) is 0 Å². The topological polar surface area (TPSA) is 32.7 Å². The van der Waals surface area contributed by atoms with E-state index in [4.69, 9.17) is 4.74 Å². The minimum absolute atomic E-state index is 0.488. The fourth-order valence-electron chi connectivity index (χ4n) is 4.42. The maximum absolute atomic E-state index is 13.0. The van der Waals surface area contributed by atoms with Gasteiger partial charge in [0.1, 0.15) is 6.17 Å². The zero-order valence-electron chi connectivity index (χ0n) is 15.5. The van der Waals surface area contributed by atoms with E-state index in [0.29, 0.717) is 25.7 Å². The van der Waals surface area contributed by atoms with Crippen molar-refractivity contribution in [3.63, 3.8) is 0 Å². The number of hydrogen-bond acceptors (Lipinski definition) is 3. The van der Waals surface area contributed by atoms with Crippen molar-refractivity contribution >= 4 is 6.08 Å². The predicted molar refractivity (Wildman–Crippen MR) is 102 cm³/mol. The Bertz CT molecular complexity index is 620. The van der Waals surface area contributed by atoms with Crippen molar-refractivity contribution in [2.24, 2.45) is 0 Å². The lowest BCUT2D eigenvalue weighted by Gasteiger charge is -2.42. The molecule has 2 aliphatic heterocycles. The number of benzene rings is 1. The molecular weight excluding hydrogens is 329 g/mol. The minimum atomic E-state index is -0.606. The number of nitrogens with zero attached hydrogens (tertiary/aromatic N) is 1. The SMILES string of the molecule is OC1(Cc2ccc(C=C3CCN(C4CC(F)C4)CC3)cc2)CCOCC1. The predicted octanol–water partition coefficient (Wildman–Crippen LogP) is 3.75. The van der Waals surface area contributed by atoms with Gasteiger partial charge in [0.15, 0.2) is 0 Å². The fourth-order valence-corrected chi connectivity index (χ4v) is 4.42. The quantitative estimate of drug-likeness (QED) is 0.889. The zero-order valence-corrected chi connectivity index (χ0v) is 15.5. The van der Waals surface area contributed by atoms with Crippen molar-refractivity contribution in [1.29, 1.82) is 0 Å².